The largest absolute Gasteiger partial charge is 0.324 e. The third-order valence-electron chi connectivity index (χ3n) is 3.17. The topological polar surface area (TPSA) is 38.9 Å². The molecule has 0 fully saturated rings. The van der Waals surface area contributed by atoms with E-state index in [1.165, 1.54) is 12.1 Å². The predicted octanol–water partition coefficient (Wildman–Crippen LogP) is 3.68. The summed E-state index contributed by atoms with van der Waals surface area (Å²) < 4.78 is 13.2. The molecule has 1 aromatic carbocycles. The van der Waals surface area contributed by atoms with Crippen LogP contribution in [0.1, 0.15) is 29.7 Å². The minimum Gasteiger partial charge on any atom is -0.324 e. The van der Waals surface area contributed by atoms with Crippen LogP contribution in [0.25, 0.3) is 0 Å². The maximum Gasteiger partial charge on any atom is 0.123 e. The van der Waals surface area contributed by atoms with Crippen LogP contribution < -0.4 is 5.73 Å². The van der Waals surface area contributed by atoms with E-state index in [0.29, 0.717) is 11.4 Å². The van der Waals surface area contributed by atoms with Gasteiger partial charge in [0.1, 0.15) is 5.82 Å². The van der Waals surface area contributed by atoms with Gasteiger partial charge in [0.2, 0.25) is 0 Å². The molecular formula is C15H16ClFN2. The highest BCUT2D eigenvalue weighted by Crippen LogP contribution is 2.24. The Balaban J connectivity index is 2.25. The number of nitrogens with two attached hydrogens (primary N) is 1. The van der Waals surface area contributed by atoms with Gasteiger partial charge in [0.05, 0.1) is 0 Å². The minimum atomic E-state index is -0.294. The Kier molecular flexibility index (Phi) is 4.51. The monoisotopic (exact) mass is 278 g/mol. The molecule has 1 heterocycles. The molecule has 0 aliphatic rings. The predicted molar refractivity (Wildman–Crippen MR) is 75.7 cm³/mol. The quantitative estimate of drug-likeness (QED) is 0.927. The van der Waals surface area contributed by atoms with Gasteiger partial charge in [-0.15, -0.1) is 0 Å². The van der Waals surface area contributed by atoms with Crippen LogP contribution in [0.2, 0.25) is 5.02 Å². The molecule has 1 atom stereocenters. The van der Waals surface area contributed by atoms with Crippen molar-refractivity contribution in [2.45, 2.75) is 25.8 Å². The fourth-order valence-corrected chi connectivity index (χ4v) is 2.34. The summed E-state index contributed by atoms with van der Waals surface area (Å²) in [6.07, 6.45) is 4.92. The van der Waals surface area contributed by atoms with E-state index in [4.69, 9.17) is 17.3 Å². The molecule has 4 heteroatoms. The van der Waals surface area contributed by atoms with Crippen molar-refractivity contribution >= 4 is 11.6 Å². The van der Waals surface area contributed by atoms with Crippen molar-refractivity contribution in [1.82, 2.24) is 4.98 Å². The van der Waals surface area contributed by atoms with Gasteiger partial charge in [0.15, 0.2) is 0 Å². The molecule has 2 rings (SSSR count). The van der Waals surface area contributed by atoms with Crippen LogP contribution >= 0.6 is 11.6 Å². The molecule has 0 bridgehead atoms. The van der Waals surface area contributed by atoms with Gasteiger partial charge in [-0.3, -0.25) is 4.98 Å². The molecular weight excluding hydrogens is 263 g/mol. The van der Waals surface area contributed by atoms with Gasteiger partial charge < -0.3 is 5.73 Å². The van der Waals surface area contributed by atoms with E-state index in [-0.39, 0.29) is 11.9 Å². The molecule has 1 unspecified atom stereocenters. The van der Waals surface area contributed by atoms with Gasteiger partial charge in [0, 0.05) is 23.5 Å². The van der Waals surface area contributed by atoms with Gasteiger partial charge in [-0.05, 0) is 53.8 Å². The lowest BCUT2D eigenvalue weighted by Gasteiger charge is -2.16. The molecule has 0 spiro atoms. The molecule has 1 aromatic heterocycles. The van der Waals surface area contributed by atoms with E-state index in [2.05, 4.69) is 11.9 Å². The van der Waals surface area contributed by atoms with Gasteiger partial charge in [-0.25, -0.2) is 4.39 Å². The van der Waals surface area contributed by atoms with Gasteiger partial charge in [-0.2, -0.15) is 0 Å². The van der Waals surface area contributed by atoms with Crippen molar-refractivity contribution in [3.8, 4) is 0 Å². The summed E-state index contributed by atoms with van der Waals surface area (Å²) in [6.45, 7) is 2.06. The molecule has 2 N–H and O–H groups in total. The summed E-state index contributed by atoms with van der Waals surface area (Å²) in [5.74, 6) is -0.294. The zero-order valence-corrected chi connectivity index (χ0v) is 11.5. The second-order valence-electron chi connectivity index (χ2n) is 4.47. The molecule has 0 saturated heterocycles. The summed E-state index contributed by atoms with van der Waals surface area (Å²) in [4.78, 5) is 4.10. The van der Waals surface area contributed by atoms with Crippen molar-refractivity contribution in [1.29, 1.82) is 0 Å². The Hall–Kier alpha value is -1.45. The van der Waals surface area contributed by atoms with Crippen LogP contribution in [0.3, 0.4) is 0 Å². The molecule has 0 aliphatic heterocycles. The van der Waals surface area contributed by atoms with E-state index in [0.717, 1.165) is 23.1 Å². The maximum atomic E-state index is 13.2. The molecule has 2 aromatic rings. The highest BCUT2D eigenvalue weighted by Gasteiger charge is 2.13. The number of halogens is 2. The lowest BCUT2D eigenvalue weighted by atomic mass is 9.96. The van der Waals surface area contributed by atoms with Crippen molar-refractivity contribution in [3.05, 3.63) is 64.2 Å². The van der Waals surface area contributed by atoms with Crippen molar-refractivity contribution in [3.63, 3.8) is 0 Å². The summed E-state index contributed by atoms with van der Waals surface area (Å²) in [5.41, 5.74) is 9.10. The normalized spacial score (nSPS) is 12.4. The number of hydrogen-bond donors (Lipinski definition) is 1. The smallest absolute Gasteiger partial charge is 0.123 e. The number of nitrogens with zero attached hydrogens (tertiary/aromatic N) is 1. The summed E-state index contributed by atoms with van der Waals surface area (Å²) in [6, 6.07) is 6.05. The van der Waals surface area contributed by atoms with Gasteiger partial charge in [-0.1, -0.05) is 18.5 Å². The maximum absolute atomic E-state index is 13.2. The fourth-order valence-electron chi connectivity index (χ4n) is 2.14. The van der Waals surface area contributed by atoms with E-state index in [9.17, 15) is 4.39 Å². The minimum absolute atomic E-state index is 0.211. The molecule has 100 valence electrons. The fraction of sp³-hybridized carbons (Fsp3) is 0.267. The standard InChI is InChI=1S/C15H16ClFN2/c1-2-10-9-19-6-5-13(10)15(18)8-11-7-12(17)3-4-14(11)16/h3-7,9,15H,2,8,18H2,1H3. The van der Waals surface area contributed by atoms with E-state index in [1.54, 1.807) is 12.3 Å². The first-order chi connectivity index (χ1) is 9.11. The second-order valence-corrected chi connectivity index (χ2v) is 4.88. The van der Waals surface area contributed by atoms with Gasteiger partial charge in [0.25, 0.3) is 0 Å². The average Bonchev–Trinajstić information content (AvgIpc) is 2.42. The van der Waals surface area contributed by atoms with Crippen LogP contribution in [-0.4, -0.2) is 4.98 Å². The van der Waals surface area contributed by atoms with Crippen LogP contribution in [0.5, 0.6) is 0 Å². The lowest BCUT2D eigenvalue weighted by Crippen LogP contribution is -2.16. The highest BCUT2D eigenvalue weighted by atomic mass is 35.5. The number of benzene rings is 1. The number of aromatic nitrogens is 1. The molecule has 0 amide bonds. The Bertz CT molecular complexity index is 572. The third-order valence-corrected chi connectivity index (χ3v) is 3.54. The first-order valence-electron chi connectivity index (χ1n) is 6.24. The van der Waals surface area contributed by atoms with Crippen molar-refractivity contribution in [2.24, 2.45) is 5.73 Å². The first-order valence-corrected chi connectivity index (χ1v) is 6.62. The van der Waals surface area contributed by atoms with Crippen molar-refractivity contribution in [2.75, 3.05) is 0 Å². The zero-order chi connectivity index (χ0) is 13.8. The summed E-state index contributed by atoms with van der Waals surface area (Å²) in [5, 5.41) is 0.545. The average molecular weight is 279 g/mol. The Morgan fingerprint density at radius 3 is 2.84 bits per heavy atom. The Labute approximate surface area is 117 Å². The van der Waals surface area contributed by atoms with Crippen LogP contribution in [0.15, 0.2) is 36.7 Å². The van der Waals surface area contributed by atoms with E-state index >= 15 is 0 Å². The first kappa shape index (κ1) is 14.0. The van der Waals surface area contributed by atoms with Crippen LogP contribution in [0, 0.1) is 5.82 Å². The molecule has 0 radical (unpaired) electrons. The summed E-state index contributed by atoms with van der Waals surface area (Å²) in [7, 11) is 0. The summed E-state index contributed by atoms with van der Waals surface area (Å²) >= 11 is 6.07. The molecule has 19 heavy (non-hydrogen) atoms. The molecule has 0 aliphatic carbocycles. The number of aryl methyl sites for hydroxylation is 1. The SMILES string of the molecule is CCc1cnccc1C(N)Cc1cc(F)ccc1Cl. The van der Waals surface area contributed by atoms with E-state index in [1.807, 2.05) is 12.3 Å². The second kappa shape index (κ2) is 6.13. The Morgan fingerprint density at radius 1 is 1.32 bits per heavy atom. The molecule has 0 saturated carbocycles. The van der Waals surface area contributed by atoms with Crippen molar-refractivity contribution < 1.29 is 4.39 Å². The van der Waals surface area contributed by atoms with Crippen LogP contribution in [-0.2, 0) is 12.8 Å². The zero-order valence-electron chi connectivity index (χ0n) is 10.7. The van der Waals surface area contributed by atoms with E-state index < -0.39 is 0 Å². The third kappa shape index (κ3) is 3.31. The lowest BCUT2D eigenvalue weighted by molar-refractivity contribution is 0.621. The molecule has 2 nitrogen and oxygen atoms in total. The number of rotatable bonds is 4. The Morgan fingerprint density at radius 2 is 2.11 bits per heavy atom. The van der Waals surface area contributed by atoms with Crippen LogP contribution in [0.4, 0.5) is 4.39 Å². The highest BCUT2D eigenvalue weighted by molar-refractivity contribution is 6.31. The van der Waals surface area contributed by atoms with Gasteiger partial charge >= 0.3 is 0 Å². The number of hydrogen-bond acceptors (Lipinski definition) is 2. The number of pyridine rings is 1.